The number of nitrogens with zero attached hydrogens (tertiary/aromatic N) is 3. The Morgan fingerprint density at radius 1 is 1.09 bits per heavy atom. The van der Waals surface area contributed by atoms with Gasteiger partial charge in [-0.05, 0) is 38.1 Å². The second-order valence-corrected chi connectivity index (χ2v) is 6.85. The lowest BCUT2D eigenvalue weighted by atomic mass is 10.2. The molecule has 3 aromatic rings. The number of aryl methyl sites for hydroxylation is 1. The van der Waals surface area contributed by atoms with Gasteiger partial charge in [0.2, 0.25) is 10.0 Å². The lowest BCUT2D eigenvalue weighted by Crippen LogP contribution is -2.31. The lowest BCUT2D eigenvalue weighted by molar-refractivity contribution is 0.456. The van der Waals surface area contributed by atoms with Gasteiger partial charge in [0.25, 0.3) is 0 Å². The largest absolute Gasteiger partial charge is 0.242 e. The summed E-state index contributed by atoms with van der Waals surface area (Å²) >= 11 is 0. The zero-order chi connectivity index (χ0) is 15.7. The molecule has 7 heteroatoms. The van der Waals surface area contributed by atoms with Crippen LogP contribution in [-0.4, -0.2) is 23.4 Å². The number of hydrogen-bond donors (Lipinski definition) is 1. The van der Waals surface area contributed by atoms with Gasteiger partial charge in [0.1, 0.15) is 11.7 Å². The van der Waals surface area contributed by atoms with Crippen LogP contribution < -0.4 is 4.72 Å². The van der Waals surface area contributed by atoms with Crippen LogP contribution in [0.2, 0.25) is 0 Å². The first-order chi connectivity index (χ1) is 10.5. The summed E-state index contributed by atoms with van der Waals surface area (Å²) in [6.45, 7) is 3.64. The van der Waals surface area contributed by atoms with E-state index in [0.29, 0.717) is 0 Å². The summed E-state index contributed by atoms with van der Waals surface area (Å²) in [6, 6.07) is 14.1. The van der Waals surface area contributed by atoms with Gasteiger partial charge in [-0.2, -0.15) is 4.72 Å². The summed E-state index contributed by atoms with van der Waals surface area (Å²) in [7, 11) is -3.61. The quantitative estimate of drug-likeness (QED) is 0.801. The van der Waals surface area contributed by atoms with Crippen LogP contribution in [0.3, 0.4) is 0 Å². The molecular weight excluding hydrogens is 300 g/mol. The highest BCUT2D eigenvalue weighted by molar-refractivity contribution is 7.89. The molecule has 0 bridgehead atoms. The van der Waals surface area contributed by atoms with Crippen LogP contribution in [0.5, 0.6) is 0 Å². The van der Waals surface area contributed by atoms with Gasteiger partial charge in [0.15, 0.2) is 0 Å². The Labute approximate surface area is 128 Å². The number of benzene rings is 2. The van der Waals surface area contributed by atoms with E-state index in [1.165, 1.54) is 0 Å². The van der Waals surface area contributed by atoms with E-state index in [1.54, 1.807) is 35.9 Å². The maximum absolute atomic E-state index is 12.4. The van der Waals surface area contributed by atoms with Crippen molar-refractivity contribution in [3.05, 3.63) is 54.1 Å². The molecule has 0 saturated heterocycles. The van der Waals surface area contributed by atoms with Crippen LogP contribution in [0, 0.1) is 6.92 Å². The van der Waals surface area contributed by atoms with Gasteiger partial charge in [-0.25, -0.2) is 13.1 Å². The Morgan fingerprint density at radius 3 is 2.50 bits per heavy atom. The number of hydrogen-bond acceptors (Lipinski definition) is 4. The second kappa shape index (κ2) is 5.51. The van der Waals surface area contributed by atoms with Crippen molar-refractivity contribution in [2.24, 2.45) is 0 Å². The average molecular weight is 316 g/mol. The van der Waals surface area contributed by atoms with Gasteiger partial charge in [-0.1, -0.05) is 35.0 Å². The van der Waals surface area contributed by atoms with E-state index in [9.17, 15) is 8.42 Å². The number of rotatable bonds is 4. The summed E-state index contributed by atoms with van der Waals surface area (Å²) in [5.41, 5.74) is 2.51. The molecule has 0 aliphatic heterocycles. The molecule has 1 N–H and O–H groups in total. The smallest absolute Gasteiger partial charge is 0.227 e. The molecule has 22 heavy (non-hydrogen) atoms. The highest BCUT2D eigenvalue weighted by Gasteiger charge is 2.20. The molecule has 0 amide bonds. The number of nitrogens with one attached hydrogen (secondary N) is 1. The van der Waals surface area contributed by atoms with Crippen LogP contribution in [0.4, 0.5) is 0 Å². The Balaban J connectivity index is 1.90. The summed E-state index contributed by atoms with van der Waals surface area (Å²) in [5, 5.41) is 8.06. The molecule has 3 rings (SSSR count). The topological polar surface area (TPSA) is 76.9 Å². The van der Waals surface area contributed by atoms with Crippen molar-refractivity contribution >= 4 is 21.1 Å². The molecule has 0 fully saturated rings. The fraction of sp³-hybridized carbons (Fsp3) is 0.200. The van der Waals surface area contributed by atoms with E-state index in [2.05, 4.69) is 15.0 Å². The van der Waals surface area contributed by atoms with Gasteiger partial charge in [0, 0.05) is 0 Å². The SMILES string of the molecule is Cc1ccc(S(=O)(=O)NC(C)n2nnc3ccccc32)cc1. The van der Waals surface area contributed by atoms with E-state index >= 15 is 0 Å². The van der Waals surface area contributed by atoms with Crippen molar-refractivity contribution in [1.29, 1.82) is 0 Å². The number of sulfonamides is 1. The Morgan fingerprint density at radius 2 is 1.77 bits per heavy atom. The van der Waals surface area contributed by atoms with E-state index < -0.39 is 16.2 Å². The lowest BCUT2D eigenvalue weighted by Gasteiger charge is -2.15. The molecule has 0 aliphatic rings. The molecule has 1 heterocycles. The normalized spacial score (nSPS) is 13.4. The minimum atomic E-state index is -3.61. The minimum Gasteiger partial charge on any atom is -0.227 e. The summed E-state index contributed by atoms with van der Waals surface area (Å²) in [4.78, 5) is 0.231. The van der Waals surface area contributed by atoms with Gasteiger partial charge >= 0.3 is 0 Å². The monoisotopic (exact) mass is 316 g/mol. The van der Waals surface area contributed by atoms with Crippen molar-refractivity contribution < 1.29 is 8.42 Å². The Hall–Kier alpha value is -2.25. The molecule has 0 spiro atoms. The van der Waals surface area contributed by atoms with Crippen molar-refractivity contribution in [2.45, 2.75) is 24.9 Å². The van der Waals surface area contributed by atoms with E-state index in [1.807, 2.05) is 31.2 Å². The first kappa shape index (κ1) is 14.7. The maximum Gasteiger partial charge on any atom is 0.242 e. The predicted molar refractivity (Wildman–Crippen MR) is 83.7 cm³/mol. The second-order valence-electron chi connectivity index (χ2n) is 5.13. The van der Waals surface area contributed by atoms with Gasteiger partial charge < -0.3 is 0 Å². The number of aromatic nitrogens is 3. The van der Waals surface area contributed by atoms with Crippen molar-refractivity contribution in [3.8, 4) is 0 Å². The third-order valence-corrected chi connectivity index (χ3v) is 4.95. The highest BCUT2D eigenvalue weighted by Crippen LogP contribution is 2.17. The Kier molecular flexibility index (Phi) is 3.67. The third kappa shape index (κ3) is 2.72. The highest BCUT2D eigenvalue weighted by atomic mass is 32.2. The number of para-hydroxylation sites is 1. The van der Waals surface area contributed by atoms with Crippen molar-refractivity contribution in [2.75, 3.05) is 0 Å². The van der Waals surface area contributed by atoms with Crippen LogP contribution in [-0.2, 0) is 10.0 Å². The molecule has 114 valence electrons. The van der Waals surface area contributed by atoms with Crippen molar-refractivity contribution in [3.63, 3.8) is 0 Å². The first-order valence-corrected chi connectivity index (χ1v) is 8.34. The fourth-order valence-corrected chi connectivity index (χ4v) is 3.41. The van der Waals surface area contributed by atoms with Gasteiger partial charge in [-0.15, -0.1) is 5.10 Å². The molecular formula is C15H16N4O2S. The van der Waals surface area contributed by atoms with E-state index in [0.717, 1.165) is 16.6 Å². The molecule has 6 nitrogen and oxygen atoms in total. The number of fused-ring (bicyclic) bond motifs is 1. The van der Waals surface area contributed by atoms with Crippen molar-refractivity contribution in [1.82, 2.24) is 19.7 Å². The van der Waals surface area contributed by atoms with Crippen LogP contribution >= 0.6 is 0 Å². The maximum atomic E-state index is 12.4. The average Bonchev–Trinajstić information content (AvgIpc) is 2.91. The molecule has 2 aromatic carbocycles. The van der Waals surface area contributed by atoms with Crippen LogP contribution in [0.15, 0.2) is 53.4 Å². The standard InChI is InChI=1S/C15H16N4O2S/c1-11-7-9-13(10-8-11)22(20,21)17-12(2)19-15-6-4-3-5-14(15)16-18-19/h3-10,12,17H,1-2H3. The third-order valence-electron chi connectivity index (χ3n) is 3.40. The Bertz CT molecular complexity index is 901. The van der Waals surface area contributed by atoms with Crippen LogP contribution in [0.1, 0.15) is 18.7 Å². The minimum absolute atomic E-state index is 0.231. The molecule has 0 saturated carbocycles. The molecule has 1 atom stereocenters. The molecule has 0 aliphatic carbocycles. The van der Waals surface area contributed by atoms with Crippen LogP contribution in [0.25, 0.3) is 11.0 Å². The van der Waals surface area contributed by atoms with E-state index in [-0.39, 0.29) is 4.90 Å². The summed E-state index contributed by atoms with van der Waals surface area (Å²) < 4.78 is 29.0. The summed E-state index contributed by atoms with van der Waals surface area (Å²) in [5.74, 6) is 0. The molecule has 1 aromatic heterocycles. The molecule has 1 unspecified atom stereocenters. The zero-order valence-electron chi connectivity index (χ0n) is 12.3. The first-order valence-electron chi connectivity index (χ1n) is 6.86. The summed E-state index contributed by atoms with van der Waals surface area (Å²) in [6.07, 6.45) is -0.543. The fourth-order valence-electron chi connectivity index (χ4n) is 2.23. The zero-order valence-corrected chi connectivity index (χ0v) is 13.1. The predicted octanol–water partition coefficient (Wildman–Crippen LogP) is 2.24. The van der Waals surface area contributed by atoms with E-state index in [4.69, 9.17) is 0 Å². The molecule has 0 radical (unpaired) electrons. The van der Waals surface area contributed by atoms with Gasteiger partial charge in [-0.3, -0.25) is 0 Å². The van der Waals surface area contributed by atoms with Gasteiger partial charge in [0.05, 0.1) is 10.4 Å².